The van der Waals surface area contributed by atoms with Gasteiger partial charge in [0, 0.05) is 10.9 Å². The number of hydrogen-bond acceptors (Lipinski definition) is 3. The number of nitrogens with zero attached hydrogens (tertiary/aromatic N) is 1. The first-order valence-electron chi connectivity index (χ1n) is 6.90. The molecule has 2 atom stereocenters. The van der Waals surface area contributed by atoms with Crippen molar-refractivity contribution in [2.75, 3.05) is 26.7 Å². The lowest BCUT2D eigenvalue weighted by molar-refractivity contribution is 0.0949. The van der Waals surface area contributed by atoms with E-state index in [0.29, 0.717) is 6.04 Å². The van der Waals surface area contributed by atoms with Gasteiger partial charge in [-0.05, 0) is 79.9 Å². The fourth-order valence-corrected chi connectivity index (χ4v) is 4.72. The van der Waals surface area contributed by atoms with Crippen molar-refractivity contribution in [1.82, 2.24) is 10.2 Å². The van der Waals surface area contributed by atoms with Crippen LogP contribution < -0.4 is 5.32 Å². The van der Waals surface area contributed by atoms with Crippen molar-refractivity contribution in [2.45, 2.75) is 32.2 Å². The van der Waals surface area contributed by atoms with Crippen LogP contribution in [0.4, 0.5) is 0 Å². The summed E-state index contributed by atoms with van der Waals surface area (Å²) >= 11 is 5.50. The van der Waals surface area contributed by atoms with Crippen LogP contribution in [-0.2, 0) is 0 Å². The van der Waals surface area contributed by atoms with Crippen LogP contribution in [0.15, 0.2) is 15.9 Å². The molecule has 0 bridgehead atoms. The average molecular weight is 331 g/mol. The highest BCUT2D eigenvalue weighted by Crippen LogP contribution is 2.40. The Kier molecular flexibility index (Phi) is 5.67. The zero-order valence-corrected chi connectivity index (χ0v) is 13.7. The second-order valence-electron chi connectivity index (χ2n) is 5.08. The summed E-state index contributed by atoms with van der Waals surface area (Å²) in [6.45, 7) is 5.89. The third kappa shape index (κ3) is 3.35. The van der Waals surface area contributed by atoms with Crippen molar-refractivity contribution in [3.63, 3.8) is 0 Å². The molecule has 0 spiro atoms. The van der Waals surface area contributed by atoms with Crippen LogP contribution in [0, 0.1) is 5.92 Å². The number of hydrogen-bond donors (Lipinski definition) is 1. The molecule has 1 saturated heterocycles. The van der Waals surface area contributed by atoms with Gasteiger partial charge in [-0.1, -0.05) is 6.92 Å². The van der Waals surface area contributed by atoms with Crippen LogP contribution in [0.3, 0.4) is 0 Å². The van der Waals surface area contributed by atoms with E-state index in [-0.39, 0.29) is 0 Å². The van der Waals surface area contributed by atoms with Crippen LogP contribution in [0.5, 0.6) is 0 Å². The molecule has 1 aliphatic rings. The predicted octanol–water partition coefficient (Wildman–Crippen LogP) is 3.89. The van der Waals surface area contributed by atoms with Gasteiger partial charge < -0.3 is 5.32 Å². The number of rotatable bonds is 5. The average Bonchev–Trinajstić information content (AvgIpc) is 2.77. The zero-order valence-electron chi connectivity index (χ0n) is 11.3. The van der Waals surface area contributed by atoms with Gasteiger partial charge in [-0.15, -0.1) is 11.3 Å². The van der Waals surface area contributed by atoms with Crippen molar-refractivity contribution >= 4 is 27.3 Å². The Morgan fingerprint density at radius 1 is 1.50 bits per heavy atom. The summed E-state index contributed by atoms with van der Waals surface area (Å²) < 4.78 is 1.25. The summed E-state index contributed by atoms with van der Waals surface area (Å²) in [5.74, 6) is 0.751. The van der Waals surface area contributed by atoms with E-state index >= 15 is 0 Å². The molecular formula is C14H23BrN2S. The largest absolute Gasteiger partial charge is 0.319 e. The van der Waals surface area contributed by atoms with Gasteiger partial charge in [0.25, 0.3) is 0 Å². The summed E-state index contributed by atoms with van der Waals surface area (Å²) in [5.41, 5.74) is 0. The van der Waals surface area contributed by atoms with Crippen LogP contribution in [0.25, 0.3) is 0 Å². The van der Waals surface area contributed by atoms with E-state index in [1.807, 2.05) is 11.3 Å². The molecule has 18 heavy (non-hydrogen) atoms. The third-order valence-corrected chi connectivity index (χ3v) is 5.42. The smallest absolute Gasteiger partial charge is 0.0701 e. The number of piperidine rings is 1. The molecule has 1 fully saturated rings. The maximum Gasteiger partial charge on any atom is 0.0701 e. The van der Waals surface area contributed by atoms with Crippen molar-refractivity contribution < 1.29 is 0 Å². The molecule has 0 aromatic carbocycles. The Morgan fingerprint density at radius 2 is 2.33 bits per heavy atom. The Balaban J connectivity index is 2.20. The number of halogens is 1. The maximum absolute atomic E-state index is 3.60. The molecule has 1 aliphatic heterocycles. The summed E-state index contributed by atoms with van der Waals surface area (Å²) in [5, 5.41) is 3.37. The van der Waals surface area contributed by atoms with Crippen molar-refractivity contribution in [3.05, 3.63) is 20.8 Å². The van der Waals surface area contributed by atoms with E-state index in [0.717, 1.165) is 12.5 Å². The molecule has 0 amide bonds. The third-order valence-electron chi connectivity index (χ3n) is 3.72. The lowest BCUT2D eigenvalue weighted by atomic mass is 9.88. The second kappa shape index (κ2) is 7.04. The molecular weight excluding hydrogens is 308 g/mol. The Morgan fingerprint density at radius 3 is 2.94 bits per heavy atom. The normalized spacial score (nSPS) is 25.5. The molecule has 102 valence electrons. The molecule has 1 N–H and O–H groups in total. The van der Waals surface area contributed by atoms with E-state index in [2.05, 4.69) is 52.3 Å². The van der Waals surface area contributed by atoms with Crippen molar-refractivity contribution in [2.24, 2.45) is 5.92 Å². The summed E-state index contributed by atoms with van der Waals surface area (Å²) in [6.07, 6.45) is 3.94. The van der Waals surface area contributed by atoms with E-state index in [9.17, 15) is 0 Å². The van der Waals surface area contributed by atoms with Gasteiger partial charge in [0.15, 0.2) is 0 Å². The summed E-state index contributed by atoms with van der Waals surface area (Å²) in [6, 6.07) is 5.10. The topological polar surface area (TPSA) is 15.3 Å². The van der Waals surface area contributed by atoms with Crippen LogP contribution in [0.2, 0.25) is 0 Å². The lowest BCUT2D eigenvalue weighted by Crippen LogP contribution is -2.42. The Labute approximate surface area is 123 Å². The van der Waals surface area contributed by atoms with Gasteiger partial charge in [-0.25, -0.2) is 0 Å². The van der Waals surface area contributed by atoms with Crippen LogP contribution in [0.1, 0.15) is 37.1 Å². The molecule has 4 heteroatoms. The quantitative estimate of drug-likeness (QED) is 0.880. The van der Waals surface area contributed by atoms with Gasteiger partial charge in [0.1, 0.15) is 0 Å². The minimum atomic E-state index is 0.613. The molecule has 0 saturated carbocycles. The highest BCUT2D eigenvalue weighted by molar-refractivity contribution is 9.11. The first-order chi connectivity index (χ1) is 8.76. The highest BCUT2D eigenvalue weighted by Gasteiger charge is 2.32. The van der Waals surface area contributed by atoms with Gasteiger partial charge in [-0.2, -0.15) is 0 Å². The maximum atomic E-state index is 3.60. The molecule has 2 unspecified atom stereocenters. The van der Waals surface area contributed by atoms with Gasteiger partial charge in [0.2, 0.25) is 0 Å². The van der Waals surface area contributed by atoms with Crippen LogP contribution in [-0.4, -0.2) is 31.6 Å². The summed E-state index contributed by atoms with van der Waals surface area (Å²) in [4.78, 5) is 4.21. The molecule has 2 nitrogen and oxygen atoms in total. The van der Waals surface area contributed by atoms with Crippen molar-refractivity contribution in [1.29, 1.82) is 0 Å². The number of likely N-dealkylation sites (tertiary alicyclic amines) is 1. The first-order valence-corrected chi connectivity index (χ1v) is 8.51. The van der Waals surface area contributed by atoms with Gasteiger partial charge in [0.05, 0.1) is 3.79 Å². The molecule has 0 radical (unpaired) electrons. The highest BCUT2D eigenvalue weighted by atomic mass is 79.9. The van der Waals surface area contributed by atoms with Gasteiger partial charge in [-0.3, -0.25) is 4.90 Å². The van der Waals surface area contributed by atoms with E-state index in [4.69, 9.17) is 0 Å². The Hall–Kier alpha value is 0.1000. The molecule has 1 aromatic rings. The second-order valence-corrected chi connectivity index (χ2v) is 7.58. The van der Waals surface area contributed by atoms with E-state index < -0.39 is 0 Å². The fourth-order valence-electron chi connectivity index (χ4n) is 3.07. The molecule has 0 aliphatic carbocycles. The fraction of sp³-hybridized carbons (Fsp3) is 0.714. The Bertz CT molecular complexity index is 348. The number of thiophene rings is 1. The number of nitrogens with one attached hydrogen (secondary N) is 1. The lowest BCUT2D eigenvalue weighted by Gasteiger charge is -2.41. The van der Waals surface area contributed by atoms with Crippen LogP contribution >= 0.6 is 27.3 Å². The summed E-state index contributed by atoms with van der Waals surface area (Å²) in [7, 11) is 2.07. The minimum Gasteiger partial charge on any atom is -0.319 e. The van der Waals surface area contributed by atoms with Crippen molar-refractivity contribution in [3.8, 4) is 0 Å². The van der Waals surface area contributed by atoms with Gasteiger partial charge >= 0.3 is 0 Å². The zero-order chi connectivity index (χ0) is 13.0. The minimum absolute atomic E-state index is 0.613. The predicted molar refractivity (Wildman–Crippen MR) is 83.3 cm³/mol. The SMILES string of the molecule is CCCN1CCCC(CNC)C1c1ccc(Br)s1. The molecule has 1 aromatic heterocycles. The molecule has 2 rings (SSSR count). The first kappa shape index (κ1) is 14.5. The standard InChI is InChI=1S/C14H23BrN2S/c1-3-8-17-9-4-5-11(10-16-2)14(17)12-6-7-13(15)18-12/h6-7,11,14,16H,3-5,8-10H2,1-2H3. The van der Waals surface area contributed by atoms with E-state index in [1.54, 1.807) is 0 Å². The monoisotopic (exact) mass is 330 g/mol. The molecule has 2 heterocycles. The van der Waals surface area contributed by atoms with E-state index in [1.165, 1.54) is 41.0 Å².